The van der Waals surface area contributed by atoms with Crippen LogP contribution in [-0.2, 0) is 18.4 Å². The van der Waals surface area contributed by atoms with E-state index in [-0.39, 0.29) is 35.6 Å². The van der Waals surface area contributed by atoms with Gasteiger partial charge < -0.3 is 9.84 Å². The van der Waals surface area contributed by atoms with Crippen LogP contribution in [-0.4, -0.2) is 21.7 Å². The molecule has 1 N–H and O–H groups in total. The Kier molecular flexibility index (Phi) is 5.62. The van der Waals surface area contributed by atoms with Crippen LogP contribution in [0.15, 0.2) is 28.2 Å². The molecular weight excluding hydrogens is 415 g/mol. The van der Waals surface area contributed by atoms with Crippen LogP contribution in [0.3, 0.4) is 0 Å². The standard InChI is InChI=1S/C20H22N4OS.2ClH/c1-12-16(14-6-7-21-9-13(14)10-22-12)17-23-18(25-24-17)20(11-19(20,2)3)15-5-4-8-26-15;;/h4-5,8,10,21H,6-7,9,11H2,1-3H3;2*1H. The van der Waals surface area contributed by atoms with Crippen LogP contribution in [0.25, 0.3) is 11.4 Å². The molecule has 0 saturated heterocycles. The number of fused-ring (bicyclic) bond motifs is 1. The minimum atomic E-state index is -0.149. The minimum absolute atomic E-state index is 0. The van der Waals surface area contributed by atoms with Gasteiger partial charge in [0.25, 0.3) is 0 Å². The Morgan fingerprint density at radius 2 is 2.04 bits per heavy atom. The van der Waals surface area contributed by atoms with Crippen LogP contribution in [0.4, 0.5) is 0 Å². The van der Waals surface area contributed by atoms with Crippen molar-refractivity contribution in [1.29, 1.82) is 0 Å². The number of halogens is 2. The van der Waals surface area contributed by atoms with Crippen molar-refractivity contribution in [3.05, 3.63) is 51.3 Å². The molecule has 4 heterocycles. The SMILES string of the molecule is Cc1ncc2c(c1-c1noc(C3(c4cccs4)CC3(C)C)n1)CCNC2.Cl.Cl. The number of nitrogens with zero attached hydrogens (tertiary/aromatic N) is 3. The lowest BCUT2D eigenvalue weighted by atomic mass is 9.93. The molecule has 1 aliphatic carbocycles. The molecule has 3 aromatic heterocycles. The Bertz CT molecular complexity index is 986. The van der Waals surface area contributed by atoms with Crippen molar-refractivity contribution in [3.8, 4) is 11.4 Å². The van der Waals surface area contributed by atoms with Gasteiger partial charge in [-0.05, 0) is 54.3 Å². The van der Waals surface area contributed by atoms with E-state index in [9.17, 15) is 0 Å². The third-order valence-electron chi connectivity index (χ3n) is 6.03. The van der Waals surface area contributed by atoms with Crippen LogP contribution in [0, 0.1) is 12.3 Å². The van der Waals surface area contributed by atoms with Gasteiger partial charge in [-0.3, -0.25) is 4.98 Å². The van der Waals surface area contributed by atoms with Crippen LogP contribution in [0.1, 0.15) is 47.9 Å². The second kappa shape index (κ2) is 7.41. The molecule has 8 heteroatoms. The number of nitrogens with one attached hydrogen (secondary N) is 1. The van der Waals surface area contributed by atoms with E-state index in [1.54, 1.807) is 11.3 Å². The van der Waals surface area contributed by atoms with Gasteiger partial charge in [-0.15, -0.1) is 36.2 Å². The van der Waals surface area contributed by atoms with Gasteiger partial charge in [0.15, 0.2) is 0 Å². The number of hydrogen-bond donors (Lipinski definition) is 1. The molecule has 5 nitrogen and oxygen atoms in total. The lowest BCUT2D eigenvalue weighted by molar-refractivity contribution is 0.341. The van der Waals surface area contributed by atoms with Gasteiger partial charge in [-0.25, -0.2) is 0 Å². The third-order valence-corrected chi connectivity index (χ3v) is 7.06. The molecule has 0 radical (unpaired) electrons. The van der Waals surface area contributed by atoms with Crippen molar-refractivity contribution >= 4 is 36.2 Å². The zero-order chi connectivity index (χ0) is 17.9. The molecule has 3 aromatic rings. The van der Waals surface area contributed by atoms with Crippen LogP contribution < -0.4 is 5.32 Å². The Balaban J connectivity index is 0.00000112. The molecule has 5 rings (SSSR count). The molecule has 0 aromatic carbocycles. The highest BCUT2D eigenvalue weighted by atomic mass is 35.5. The zero-order valence-corrected chi connectivity index (χ0v) is 18.6. The van der Waals surface area contributed by atoms with E-state index < -0.39 is 0 Å². The van der Waals surface area contributed by atoms with Gasteiger partial charge in [-0.2, -0.15) is 4.98 Å². The summed E-state index contributed by atoms with van der Waals surface area (Å²) in [5, 5.41) is 9.92. The van der Waals surface area contributed by atoms with Gasteiger partial charge in [0, 0.05) is 28.9 Å². The molecule has 1 saturated carbocycles. The van der Waals surface area contributed by atoms with E-state index in [2.05, 4.69) is 46.8 Å². The molecule has 1 atom stereocenters. The second-order valence-electron chi connectivity index (χ2n) is 8.02. The fourth-order valence-corrected chi connectivity index (χ4v) is 5.49. The lowest BCUT2D eigenvalue weighted by Crippen LogP contribution is -2.25. The zero-order valence-electron chi connectivity index (χ0n) is 16.1. The summed E-state index contributed by atoms with van der Waals surface area (Å²) in [7, 11) is 0. The van der Waals surface area contributed by atoms with Crippen LogP contribution in [0.2, 0.25) is 0 Å². The highest BCUT2D eigenvalue weighted by Crippen LogP contribution is 2.68. The first-order valence-electron chi connectivity index (χ1n) is 9.09. The number of hydrogen-bond acceptors (Lipinski definition) is 6. The fraction of sp³-hybridized carbons (Fsp3) is 0.450. The van der Waals surface area contributed by atoms with E-state index in [1.165, 1.54) is 16.0 Å². The molecule has 1 fully saturated rings. The summed E-state index contributed by atoms with van der Waals surface area (Å²) in [4.78, 5) is 10.8. The van der Waals surface area contributed by atoms with Crippen molar-refractivity contribution in [2.75, 3.05) is 6.54 Å². The Labute approximate surface area is 181 Å². The van der Waals surface area contributed by atoms with E-state index in [4.69, 9.17) is 9.51 Å². The topological polar surface area (TPSA) is 63.8 Å². The summed E-state index contributed by atoms with van der Waals surface area (Å²) in [6, 6.07) is 4.29. The average molecular weight is 439 g/mol. The number of aryl methyl sites for hydroxylation is 1. The molecule has 0 bridgehead atoms. The first-order chi connectivity index (χ1) is 12.5. The maximum absolute atomic E-state index is 5.85. The quantitative estimate of drug-likeness (QED) is 0.641. The summed E-state index contributed by atoms with van der Waals surface area (Å²) in [6.45, 7) is 8.41. The normalized spacial score (nSPS) is 22.0. The van der Waals surface area contributed by atoms with Crippen LogP contribution >= 0.6 is 36.2 Å². The summed E-state index contributed by atoms with van der Waals surface area (Å²) >= 11 is 1.77. The smallest absolute Gasteiger partial charge is 0.239 e. The molecule has 2 aliphatic rings. The predicted molar refractivity (Wildman–Crippen MR) is 116 cm³/mol. The Morgan fingerprint density at radius 1 is 1.25 bits per heavy atom. The average Bonchev–Trinajstić information content (AvgIpc) is 3.10. The monoisotopic (exact) mass is 438 g/mol. The summed E-state index contributed by atoms with van der Waals surface area (Å²) in [6.07, 6.45) is 3.98. The van der Waals surface area contributed by atoms with E-state index >= 15 is 0 Å². The molecule has 0 amide bonds. The van der Waals surface area contributed by atoms with Crippen molar-refractivity contribution < 1.29 is 4.52 Å². The van der Waals surface area contributed by atoms with E-state index in [1.807, 2.05) is 13.1 Å². The van der Waals surface area contributed by atoms with E-state index in [0.29, 0.717) is 5.82 Å². The molecule has 1 aliphatic heterocycles. The predicted octanol–water partition coefficient (Wildman–Crippen LogP) is 4.71. The van der Waals surface area contributed by atoms with Gasteiger partial charge in [0.1, 0.15) is 0 Å². The Morgan fingerprint density at radius 3 is 2.71 bits per heavy atom. The molecule has 28 heavy (non-hydrogen) atoms. The molecular formula is C20H24Cl2N4OS. The van der Waals surface area contributed by atoms with Gasteiger partial charge in [0.05, 0.1) is 5.41 Å². The molecule has 0 spiro atoms. The lowest BCUT2D eigenvalue weighted by Gasteiger charge is -2.19. The first kappa shape index (κ1) is 21.2. The Hall–Kier alpha value is -1.47. The number of rotatable bonds is 3. The highest BCUT2D eigenvalue weighted by molar-refractivity contribution is 7.10. The maximum Gasteiger partial charge on any atom is 0.239 e. The number of thiophene rings is 1. The highest BCUT2D eigenvalue weighted by Gasteiger charge is 2.67. The summed E-state index contributed by atoms with van der Waals surface area (Å²) < 4.78 is 5.85. The van der Waals surface area contributed by atoms with Crippen molar-refractivity contribution in [2.24, 2.45) is 5.41 Å². The van der Waals surface area contributed by atoms with Crippen LogP contribution in [0.5, 0.6) is 0 Å². The summed E-state index contributed by atoms with van der Waals surface area (Å²) in [5.41, 5.74) is 4.56. The van der Waals surface area contributed by atoms with Crippen molar-refractivity contribution in [3.63, 3.8) is 0 Å². The number of pyridine rings is 1. The minimum Gasteiger partial charge on any atom is -0.338 e. The molecule has 1 unspecified atom stereocenters. The van der Waals surface area contributed by atoms with Gasteiger partial charge in [0.2, 0.25) is 11.7 Å². The van der Waals surface area contributed by atoms with Gasteiger partial charge >= 0.3 is 0 Å². The maximum atomic E-state index is 5.85. The van der Waals surface area contributed by atoms with Gasteiger partial charge in [-0.1, -0.05) is 25.1 Å². The summed E-state index contributed by atoms with van der Waals surface area (Å²) in [5.74, 6) is 1.42. The third kappa shape index (κ3) is 2.98. The van der Waals surface area contributed by atoms with Crippen molar-refractivity contribution in [1.82, 2.24) is 20.4 Å². The second-order valence-corrected chi connectivity index (χ2v) is 8.96. The van der Waals surface area contributed by atoms with Crippen molar-refractivity contribution in [2.45, 2.75) is 45.6 Å². The molecule has 150 valence electrons. The number of aromatic nitrogens is 3. The first-order valence-corrected chi connectivity index (χ1v) is 9.97. The largest absolute Gasteiger partial charge is 0.338 e. The van der Waals surface area contributed by atoms with E-state index in [0.717, 1.165) is 43.1 Å². The fourth-order valence-electron chi connectivity index (χ4n) is 4.40.